The van der Waals surface area contributed by atoms with Crippen LogP contribution in [-0.2, 0) is 11.3 Å². The van der Waals surface area contributed by atoms with Crippen molar-refractivity contribution in [3.05, 3.63) is 20.8 Å². The highest BCUT2D eigenvalue weighted by Gasteiger charge is 2.02. The van der Waals surface area contributed by atoms with E-state index in [2.05, 4.69) is 40.3 Å². The molecule has 0 aliphatic heterocycles. The van der Waals surface area contributed by atoms with E-state index in [1.807, 2.05) is 6.92 Å². The van der Waals surface area contributed by atoms with Gasteiger partial charge < -0.3 is 10.1 Å². The van der Waals surface area contributed by atoms with Crippen LogP contribution in [0.1, 0.15) is 18.7 Å². The van der Waals surface area contributed by atoms with Gasteiger partial charge in [0.2, 0.25) is 0 Å². The van der Waals surface area contributed by atoms with E-state index in [-0.39, 0.29) is 0 Å². The lowest BCUT2D eigenvalue weighted by atomic mass is 10.3. The molecule has 0 bridgehead atoms. The molecule has 1 unspecified atom stereocenters. The Kier molecular flexibility index (Phi) is 5.70. The average Bonchev–Trinajstić information content (AvgIpc) is 2.58. The maximum Gasteiger partial charge on any atom is 0.0701 e. The molecule has 0 fully saturated rings. The van der Waals surface area contributed by atoms with Crippen molar-refractivity contribution >= 4 is 27.3 Å². The van der Waals surface area contributed by atoms with Crippen molar-refractivity contribution in [2.45, 2.75) is 26.4 Å². The molecule has 2 nitrogen and oxygen atoms in total. The Labute approximate surface area is 97.8 Å². The minimum atomic E-state index is 0.413. The number of nitrogens with one attached hydrogen (secondary N) is 1. The Morgan fingerprint density at radius 3 is 2.93 bits per heavy atom. The fraction of sp³-hybridized carbons (Fsp3) is 0.600. The highest BCUT2D eigenvalue weighted by Crippen LogP contribution is 2.21. The zero-order chi connectivity index (χ0) is 10.4. The molecular formula is C10H16BrNOS. The van der Waals surface area contributed by atoms with Gasteiger partial charge in [-0.25, -0.2) is 0 Å². The van der Waals surface area contributed by atoms with E-state index < -0.39 is 0 Å². The fourth-order valence-corrected chi connectivity index (χ4v) is 2.51. The minimum absolute atomic E-state index is 0.413. The van der Waals surface area contributed by atoms with Crippen LogP contribution in [0.5, 0.6) is 0 Å². The van der Waals surface area contributed by atoms with Gasteiger partial charge in [-0.1, -0.05) is 0 Å². The van der Waals surface area contributed by atoms with Gasteiger partial charge in [-0.15, -0.1) is 11.3 Å². The molecule has 1 aromatic rings. The fourth-order valence-electron chi connectivity index (χ4n) is 1.08. The number of ether oxygens (including phenoxy) is 1. The Bertz CT molecular complexity index is 264. The predicted molar refractivity (Wildman–Crippen MR) is 64.8 cm³/mol. The van der Waals surface area contributed by atoms with Gasteiger partial charge in [0.1, 0.15) is 0 Å². The maximum absolute atomic E-state index is 5.32. The van der Waals surface area contributed by atoms with Gasteiger partial charge in [0.25, 0.3) is 0 Å². The molecule has 0 radical (unpaired) electrons. The molecule has 0 aliphatic rings. The molecular weight excluding hydrogens is 262 g/mol. The van der Waals surface area contributed by atoms with Gasteiger partial charge in [-0.3, -0.25) is 0 Å². The summed E-state index contributed by atoms with van der Waals surface area (Å²) in [7, 11) is 0. The Balaban J connectivity index is 2.20. The van der Waals surface area contributed by atoms with Crippen LogP contribution in [0.2, 0.25) is 0 Å². The smallest absolute Gasteiger partial charge is 0.0701 e. The summed E-state index contributed by atoms with van der Waals surface area (Å²) in [5.74, 6) is 0. The molecule has 1 atom stereocenters. The molecule has 1 heterocycles. The largest absolute Gasteiger partial charge is 0.380 e. The zero-order valence-electron chi connectivity index (χ0n) is 8.55. The summed E-state index contributed by atoms with van der Waals surface area (Å²) in [6.07, 6.45) is 0. The van der Waals surface area contributed by atoms with E-state index in [9.17, 15) is 0 Å². The van der Waals surface area contributed by atoms with Crippen LogP contribution in [0.3, 0.4) is 0 Å². The standard InChI is InChI=1S/C10H16BrNOS/c1-3-13-7-8(2)12-6-9-4-5-10(11)14-9/h4-5,8,12H,3,6-7H2,1-2H3. The number of rotatable bonds is 6. The van der Waals surface area contributed by atoms with E-state index in [1.54, 1.807) is 11.3 Å². The van der Waals surface area contributed by atoms with E-state index in [4.69, 9.17) is 4.74 Å². The topological polar surface area (TPSA) is 21.3 Å². The highest BCUT2D eigenvalue weighted by atomic mass is 79.9. The summed E-state index contributed by atoms with van der Waals surface area (Å²) in [6, 6.07) is 4.63. The molecule has 1 aromatic heterocycles. The summed E-state index contributed by atoms with van der Waals surface area (Å²) in [5, 5.41) is 3.41. The minimum Gasteiger partial charge on any atom is -0.380 e. The number of thiophene rings is 1. The van der Waals surface area contributed by atoms with Crippen molar-refractivity contribution in [2.24, 2.45) is 0 Å². The molecule has 14 heavy (non-hydrogen) atoms. The van der Waals surface area contributed by atoms with E-state index in [1.165, 1.54) is 8.66 Å². The third-order valence-electron chi connectivity index (χ3n) is 1.83. The molecule has 0 aliphatic carbocycles. The van der Waals surface area contributed by atoms with Crippen molar-refractivity contribution in [2.75, 3.05) is 13.2 Å². The number of halogens is 1. The second kappa shape index (κ2) is 6.56. The molecule has 0 aromatic carbocycles. The van der Waals surface area contributed by atoms with Crippen LogP contribution >= 0.6 is 27.3 Å². The molecule has 0 amide bonds. The van der Waals surface area contributed by atoms with E-state index in [0.717, 1.165) is 19.8 Å². The molecule has 0 spiro atoms. The summed E-state index contributed by atoms with van der Waals surface area (Å²) in [6.45, 7) is 6.64. The van der Waals surface area contributed by atoms with Crippen LogP contribution in [0.4, 0.5) is 0 Å². The second-order valence-corrected chi connectivity index (χ2v) is 5.69. The van der Waals surface area contributed by atoms with Gasteiger partial charge >= 0.3 is 0 Å². The molecule has 1 rings (SSSR count). The number of hydrogen-bond acceptors (Lipinski definition) is 3. The highest BCUT2D eigenvalue weighted by molar-refractivity contribution is 9.11. The monoisotopic (exact) mass is 277 g/mol. The first-order chi connectivity index (χ1) is 6.72. The first-order valence-corrected chi connectivity index (χ1v) is 6.38. The summed E-state index contributed by atoms with van der Waals surface area (Å²) in [4.78, 5) is 1.35. The van der Waals surface area contributed by atoms with Crippen LogP contribution < -0.4 is 5.32 Å². The van der Waals surface area contributed by atoms with Crippen LogP contribution in [0, 0.1) is 0 Å². The summed E-state index contributed by atoms with van der Waals surface area (Å²) in [5.41, 5.74) is 0. The molecule has 4 heteroatoms. The lowest BCUT2D eigenvalue weighted by molar-refractivity contribution is 0.127. The Morgan fingerprint density at radius 2 is 2.36 bits per heavy atom. The zero-order valence-corrected chi connectivity index (χ0v) is 11.0. The van der Waals surface area contributed by atoms with E-state index >= 15 is 0 Å². The average molecular weight is 278 g/mol. The van der Waals surface area contributed by atoms with Crippen molar-refractivity contribution in [1.82, 2.24) is 5.32 Å². The van der Waals surface area contributed by atoms with Crippen molar-refractivity contribution in [3.63, 3.8) is 0 Å². The van der Waals surface area contributed by atoms with Crippen LogP contribution in [0.25, 0.3) is 0 Å². The van der Waals surface area contributed by atoms with Crippen molar-refractivity contribution < 1.29 is 4.74 Å². The molecule has 0 saturated carbocycles. The van der Waals surface area contributed by atoms with Crippen LogP contribution in [-0.4, -0.2) is 19.3 Å². The third-order valence-corrected chi connectivity index (χ3v) is 3.45. The van der Waals surface area contributed by atoms with Gasteiger partial charge in [0, 0.05) is 24.1 Å². The lowest BCUT2D eigenvalue weighted by Gasteiger charge is -2.12. The predicted octanol–water partition coefficient (Wildman–Crippen LogP) is 3.03. The summed E-state index contributed by atoms with van der Waals surface area (Å²) < 4.78 is 6.51. The summed E-state index contributed by atoms with van der Waals surface area (Å²) >= 11 is 5.21. The van der Waals surface area contributed by atoms with Gasteiger partial charge in [0.05, 0.1) is 10.4 Å². The Morgan fingerprint density at radius 1 is 1.57 bits per heavy atom. The maximum atomic E-state index is 5.32. The van der Waals surface area contributed by atoms with Gasteiger partial charge in [-0.2, -0.15) is 0 Å². The van der Waals surface area contributed by atoms with Gasteiger partial charge in [0.15, 0.2) is 0 Å². The molecule has 80 valence electrons. The van der Waals surface area contributed by atoms with E-state index in [0.29, 0.717) is 6.04 Å². The normalized spacial score (nSPS) is 13.1. The number of hydrogen-bond donors (Lipinski definition) is 1. The van der Waals surface area contributed by atoms with Gasteiger partial charge in [-0.05, 0) is 41.9 Å². The van der Waals surface area contributed by atoms with Crippen molar-refractivity contribution in [1.29, 1.82) is 0 Å². The molecule has 0 saturated heterocycles. The Hall–Kier alpha value is 0.1000. The third kappa shape index (κ3) is 4.55. The lowest BCUT2D eigenvalue weighted by Crippen LogP contribution is -2.29. The van der Waals surface area contributed by atoms with Crippen molar-refractivity contribution in [3.8, 4) is 0 Å². The molecule has 1 N–H and O–H groups in total. The van der Waals surface area contributed by atoms with Crippen LogP contribution in [0.15, 0.2) is 15.9 Å². The quantitative estimate of drug-likeness (QED) is 0.863. The SMILES string of the molecule is CCOCC(C)NCc1ccc(Br)s1. The first kappa shape index (κ1) is 12.2. The second-order valence-electron chi connectivity index (χ2n) is 3.15. The first-order valence-electron chi connectivity index (χ1n) is 4.77.